The molecular weight excluding hydrogens is 313 g/mol. The lowest BCUT2D eigenvalue weighted by atomic mass is 10.1. The van der Waals surface area contributed by atoms with Gasteiger partial charge in [0.1, 0.15) is 0 Å². The maximum atomic E-state index is 12.6. The van der Waals surface area contributed by atoms with E-state index in [9.17, 15) is 22.8 Å². The number of anilines is 1. The SMILES string of the molecule is O=C(CCCCCCC(=O)Nc1cccc(C(F)(F)F)c1)NO. The highest BCUT2D eigenvalue weighted by Crippen LogP contribution is 2.30. The molecule has 2 amide bonds. The van der Waals surface area contributed by atoms with Crippen molar-refractivity contribution in [3.05, 3.63) is 29.8 Å². The van der Waals surface area contributed by atoms with E-state index in [1.54, 1.807) is 0 Å². The van der Waals surface area contributed by atoms with Crippen LogP contribution < -0.4 is 10.8 Å². The van der Waals surface area contributed by atoms with E-state index >= 15 is 0 Å². The van der Waals surface area contributed by atoms with E-state index in [2.05, 4.69) is 5.32 Å². The van der Waals surface area contributed by atoms with Crippen LogP contribution in [0.2, 0.25) is 0 Å². The second kappa shape index (κ2) is 9.14. The van der Waals surface area contributed by atoms with Gasteiger partial charge >= 0.3 is 6.18 Å². The molecule has 0 atom stereocenters. The molecule has 128 valence electrons. The molecule has 0 saturated carbocycles. The van der Waals surface area contributed by atoms with Crippen molar-refractivity contribution in [2.45, 2.75) is 44.7 Å². The molecule has 0 radical (unpaired) electrons. The summed E-state index contributed by atoms with van der Waals surface area (Å²) in [5.41, 5.74) is 0.841. The standard InChI is InChI=1S/C15H19F3N2O3/c16-15(17,18)11-6-5-7-12(10-11)19-13(21)8-3-1-2-4-9-14(22)20-23/h5-7,10,23H,1-4,8-9H2,(H,19,21)(H,20,22). The van der Waals surface area contributed by atoms with Gasteiger partial charge in [-0.2, -0.15) is 13.2 Å². The quantitative estimate of drug-likeness (QED) is 0.387. The molecule has 0 aliphatic heterocycles. The first-order chi connectivity index (χ1) is 10.8. The number of benzene rings is 1. The highest BCUT2D eigenvalue weighted by atomic mass is 19.4. The molecule has 8 heteroatoms. The van der Waals surface area contributed by atoms with Crippen LogP contribution in [-0.4, -0.2) is 17.0 Å². The zero-order valence-electron chi connectivity index (χ0n) is 12.4. The second-order valence-electron chi connectivity index (χ2n) is 5.08. The number of hydrogen-bond acceptors (Lipinski definition) is 3. The minimum absolute atomic E-state index is 0.115. The maximum absolute atomic E-state index is 12.6. The largest absolute Gasteiger partial charge is 0.416 e. The van der Waals surface area contributed by atoms with Gasteiger partial charge in [0.05, 0.1) is 5.56 Å². The molecule has 0 bridgehead atoms. The molecule has 5 nitrogen and oxygen atoms in total. The molecule has 0 fully saturated rings. The van der Waals surface area contributed by atoms with Crippen molar-refractivity contribution in [2.24, 2.45) is 0 Å². The summed E-state index contributed by atoms with van der Waals surface area (Å²) in [4.78, 5) is 22.4. The first-order valence-electron chi connectivity index (χ1n) is 7.23. The second-order valence-corrected chi connectivity index (χ2v) is 5.08. The van der Waals surface area contributed by atoms with Crippen molar-refractivity contribution in [1.29, 1.82) is 0 Å². The Balaban J connectivity index is 2.28. The normalized spacial score (nSPS) is 11.1. The van der Waals surface area contributed by atoms with Gasteiger partial charge in [-0.15, -0.1) is 0 Å². The third-order valence-corrected chi connectivity index (χ3v) is 3.16. The number of amides is 2. The number of nitrogens with one attached hydrogen (secondary N) is 2. The fourth-order valence-corrected chi connectivity index (χ4v) is 1.98. The van der Waals surface area contributed by atoms with Crippen LogP contribution in [0.15, 0.2) is 24.3 Å². The lowest BCUT2D eigenvalue weighted by molar-refractivity contribution is -0.137. The van der Waals surface area contributed by atoms with Crippen LogP contribution >= 0.6 is 0 Å². The summed E-state index contributed by atoms with van der Waals surface area (Å²) in [5, 5.41) is 10.7. The summed E-state index contributed by atoms with van der Waals surface area (Å²) in [6.07, 6.45) is -1.41. The minimum atomic E-state index is -4.44. The Hall–Kier alpha value is -2.09. The molecule has 0 aliphatic rings. The molecule has 0 aliphatic carbocycles. The van der Waals surface area contributed by atoms with Gasteiger partial charge in [0.2, 0.25) is 11.8 Å². The van der Waals surface area contributed by atoms with Gasteiger partial charge in [-0.25, -0.2) is 5.48 Å². The van der Waals surface area contributed by atoms with Crippen molar-refractivity contribution >= 4 is 17.5 Å². The Labute approximate surface area is 131 Å². The van der Waals surface area contributed by atoms with E-state index < -0.39 is 17.6 Å². The third-order valence-electron chi connectivity index (χ3n) is 3.16. The smallest absolute Gasteiger partial charge is 0.326 e. The molecule has 0 saturated heterocycles. The summed E-state index contributed by atoms with van der Waals surface area (Å²) in [7, 11) is 0. The predicted octanol–water partition coefficient (Wildman–Crippen LogP) is 3.49. The number of carbonyl (C=O) groups excluding carboxylic acids is 2. The summed E-state index contributed by atoms with van der Waals surface area (Å²) in [6.45, 7) is 0. The van der Waals surface area contributed by atoms with Crippen LogP contribution in [0.3, 0.4) is 0 Å². The van der Waals surface area contributed by atoms with Crippen LogP contribution in [0.1, 0.15) is 44.1 Å². The van der Waals surface area contributed by atoms with Crippen LogP contribution in [0.5, 0.6) is 0 Å². The summed E-state index contributed by atoms with van der Waals surface area (Å²) < 4.78 is 37.7. The van der Waals surface area contributed by atoms with Crippen LogP contribution in [0.25, 0.3) is 0 Å². The van der Waals surface area contributed by atoms with E-state index in [-0.39, 0.29) is 24.4 Å². The first kappa shape index (κ1) is 19.0. The zero-order chi connectivity index (χ0) is 17.3. The number of hydroxylamine groups is 1. The van der Waals surface area contributed by atoms with Crippen LogP contribution in [0, 0.1) is 0 Å². The minimum Gasteiger partial charge on any atom is -0.326 e. The number of carbonyl (C=O) groups is 2. The molecule has 0 spiro atoms. The highest BCUT2D eigenvalue weighted by molar-refractivity contribution is 5.90. The number of alkyl halides is 3. The molecule has 23 heavy (non-hydrogen) atoms. The molecule has 0 heterocycles. The van der Waals surface area contributed by atoms with Crippen molar-refractivity contribution < 1.29 is 28.0 Å². The third kappa shape index (κ3) is 7.64. The molecule has 1 aromatic rings. The van der Waals surface area contributed by atoms with Gasteiger partial charge in [0, 0.05) is 18.5 Å². The number of halogens is 3. The number of hydrogen-bond donors (Lipinski definition) is 3. The topological polar surface area (TPSA) is 78.4 Å². The fraction of sp³-hybridized carbons (Fsp3) is 0.467. The number of rotatable bonds is 8. The van der Waals surface area contributed by atoms with Gasteiger partial charge in [0.15, 0.2) is 0 Å². The van der Waals surface area contributed by atoms with Gasteiger partial charge in [0.25, 0.3) is 0 Å². The number of unbranched alkanes of at least 4 members (excludes halogenated alkanes) is 3. The van der Waals surface area contributed by atoms with Gasteiger partial charge < -0.3 is 5.32 Å². The molecule has 3 N–H and O–H groups in total. The monoisotopic (exact) mass is 332 g/mol. The summed E-state index contributed by atoms with van der Waals surface area (Å²) in [6, 6.07) is 4.48. The van der Waals surface area contributed by atoms with Crippen molar-refractivity contribution in [3.63, 3.8) is 0 Å². The Morgan fingerprint density at radius 3 is 2.17 bits per heavy atom. The maximum Gasteiger partial charge on any atom is 0.416 e. The lowest BCUT2D eigenvalue weighted by Crippen LogP contribution is -2.17. The molecule has 1 aromatic carbocycles. The van der Waals surface area contributed by atoms with Crippen LogP contribution in [-0.2, 0) is 15.8 Å². The van der Waals surface area contributed by atoms with E-state index in [0.29, 0.717) is 19.3 Å². The molecule has 0 aromatic heterocycles. The van der Waals surface area contributed by atoms with Gasteiger partial charge in [-0.3, -0.25) is 14.8 Å². The van der Waals surface area contributed by atoms with E-state index in [1.165, 1.54) is 17.6 Å². The first-order valence-corrected chi connectivity index (χ1v) is 7.23. The Morgan fingerprint density at radius 1 is 1.00 bits per heavy atom. The zero-order valence-corrected chi connectivity index (χ0v) is 12.4. The Kier molecular flexibility index (Phi) is 7.53. The Morgan fingerprint density at radius 2 is 1.61 bits per heavy atom. The lowest BCUT2D eigenvalue weighted by Gasteiger charge is -2.09. The molecular formula is C15H19F3N2O3. The van der Waals surface area contributed by atoms with Gasteiger partial charge in [-0.1, -0.05) is 18.9 Å². The van der Waals surface area contributed by atoms with E-state index in [0.717, 1.165) is 18.6 Å². The summed E-state index contributed by atoms with van der Waals surface area (Å²) >= 11 is 0. The van der Waals surface area contributed by atoms with E-state index in [4.69, 9.17) is 5.21 Å². The average molecular weight is 332 g/mol. The predicted molar refractivity (Wildman–Crippen MR) is 77.7 cm³/mol. The average Bonchev–Trinajstić information content (AvgIpc) is 2.49. The Bertz CT molecular complexity index is 533. The highest BCUT2D eigenvalue weighted by Gasteiger charge is 2.30. The van der Waals surface area contributed by atoms with E-state index in [1.807, 2.05) is 0 Å². The van der Waals surface area contributed by atoms with Crippen molar-refractivity contribution in [3.8, 4) is 0 Å². The van der Waals surface area contributed by atoms with Crippen molar-refractivity contribution in [1.82, 2.24) is 5.48 Å². The van der Waals surface area contributed by atoms with Crippen LogP contribution in [0.4, 0.5) is 18.9 Å². The molecule has 0 unspecified atom stereocenters. The summed E-state index contributed by atoms with van der Waals surface area (Å²) in [5.74, 6) is -0.801. The van der Waals surface area contributed by atoms with Crippen molar-refractivity contribution in [2.75, 3.05) is 5.32 Å². The fourth-order valence-electron chi connectivity index (χ4n) is 1.98. The molecule has 1 rings (SSSR count). The van der Waals surface area contributed by atoms with Gasteiger partial charge in [-0.05, 0) is 31.0 Å².